The molecule has 13 heavy (non-hydrogen) atoms. The highest BCUT2D eigenvalue weighted by atomic mass is 15.1. The average molecular weight is 173 g/mol. The van der Waals surface area contributed by atoms with Crippen molar-refractivity contribution < 1.29 is 0 Å². The Morgan fingerprint density at radius 1 is 1.08 bits per heavy atom. The highest BCUT2D eigenvalue weighted by Crippen LogP contribution is 2.09. The third-order valence-electron chi connectivity index (χ3n) is 1.48. The van der Waals surface area contributed by atoms with Gasteiger partial charge >= 0.3 is 0 Å². The lowest BCUT2D eigenvalue weighted by molar-refractivity contribution is 1.06. The first-order chi connectivity index (χ1) is 6.36. The molecule has 0 aliphatic carbocycles. The van der Waals surface area contributed by atoms with Gasteiger partial charge in [-0.1, -0.05) is 6.07 Å². The van der Waals surface area contributed by atoms with E-state index in [9.17, 15) is 0 Å². The highest BCUT2D eigenvalue weighted by Gasteiger charge is 2.00. The maximum atomic E-state index is 5.41. The maximum Gasteiger partial charge on any atom is 0.223 e. The second kappa shape index (κ2) is 3.14. The lowest BCUT2D eigenvalue weighted by Gasteiger charge is -1.97. The molecule has 0 saturated heterocycles. The highest BCUT2D eigenvalue weighted by molar-refractivity contribution is 5.48. The zero-order valence-corrected chi connectivity index (χ0v) is 6.75. The number of aromatic nitrogens is 4. The molecule has 0 saturated carbocycles. The fourth-order valence-corrected chi connectivity index (χ4v) is 0.927. The molecule has 5 nitrogen and oxygen atoms in total. The molecule has 2 rings (SSSR count). The van der Waals surface area contributed by atoms with Gasteiger partial charge in [-0.15, -0.1) is 0 Å². The SMILES string of the molecule is Nc1ncnc(-c2ccccn2)n1. The van der Waals surface area contributed by atoms with Gasteiger partial charge in [-0.05, 0) is 12.1 Å². The van der Waals surface area contributed by atoms with Crippen LogP contribution in [0.15, 0.2) is 30.7 Å². The minimum atomic E-state index is 0.204. The van der Waals surface area contributed by atoms with Crippen molar-refractivity contribution in [2.24, 2.45) is 0 Å². The minimum Gasteiger partial charge on any atom is -0.368 e. The Morgan fingerprint density at radius 3 is 2.69 bits per heavy atom. The Bertz CT molecular complexity index is 400. The third-order valence-corrected chi connectivity index (χ3v) is 1.48. The second-order valence-electron chi connectivity index (χ2n) is 2.38. The Hall–Kier alpha value is -2.04. The predicted molar refractivity (Wildman–Crippen MR) is 47.5 cm³/mol. The molecule has 0 aliphatic heterocycles. The van der Waals surface area contributed by atoms with Gasteiger partial charge < -0.3 is 5.73 Å². The summed E-state index contributed by atoms with van der Waals surface area (Å²) in [5.41, 5.74) is 6.10. The van der Waals surface area contributed by atoms with Crippen LogP contribution in [0.3, 0.4) is 0 Å². The Kier molecular flexibility index (Phi) is 1.84. The molecular formula is C8H7N5. The van der Waals surface area contributed by atoms with Crippen molar-refractivity contribution in [2.75, 3.05) is 5.73 Å². The van der Waals surface area contributed by atoms with Gasteiger partial charge in [-0.25, -0.2) is 9.97 Å². The van der Waals surface area contributed by atoms with E-state index in [1.165, 1.54) is 6.33 Å². The van der Waals surface area contributed by atoms with Crippen molar-refractivity contribution in [3.63, 3.8) is 0 Å². The van der Waals surface area contributed by atoms with E-state index in [2.05, 4.69) is 19.9 Å². The minimum absolute atomic E-state index is 0.204. The first kappa shape index (κ1) is 7.60. The molecule has 0 aliphatic rings. The zero-order chi connectivity index (χ0) is 9.10. The van der Waals surface area contributed by atoms with Crippen LogP contribution in [0, 0.1) is 0 Å². The van der Waals surface area contributed by atoms with Crippen molar-refractivity contribution in [1.29, 1.82) is 0 Å². The standard InChI is InChI=1S/C8H7N5/c9-8-12-5-11-7(13-8)6-3-1-2-4-10-6/h1-5H,(H2,9,11,12,13). The van der Waals surface area contributed by atoms with E-state index in [1.807, 2.05) is 18.2 Å². The normalized spacial score (nSPS) is 9.85. The Labute approximate surface area is 74.7 Å². The smallest absolute Gasteiger partial charge is 0.223 e. The van der Waals surface area contributed by atoms with Crippen LogP contribution in [-0.4, -0.2) is 19.9 Å². The van der Waals surface area contributed by atoms with Gasteiger partial charge in [-0.2, -0.15) is 4.98 Å². The lowest BCUT2D eigenvalue weighted by atomic mass is 10.3. The van der Waals surface area contributed by atoms with Crippen LogP contribution in [-0.2, 0) is 0 Å². The number of nitrogen functional groups attached to an aromatic ring is 1. The van der Waals surface area contributed by atoms with E-state index in [0.29, 0.717) is 11.5 Å². The number of hydrogen-bond acceptors (Lipinski definition) is 5. The van der Waals surface area contributed by atoms with Crippen LogP contribution < -0.4 is 5.73 Å². The molecule has 0 radical (unpaired) electrons. The molecule has 0 bridgehead atoms. The van der Waals surface area contributed by atoms with Crippen LogP contribution in [0.4, 0.5) is 5.95 Å². The molecule has 2 aromatic rings. The summed E-state index contributed by atoms with van der Waals surface area (Å²) in [4.78, 5) is 15.7. The summed E-state index contributed by atoms with van der Waals surface area (Å²) in [6, 6.07) is 5.51. The summed E-state index contributed by atoms with van der Waals surface area (Å²) in [6.07, 6.45) is 3.04. The van der Waals surface area contributed by atoms with E-state index in [-0.39, 0.29) is 5.95 Å². The zero-order valence-electron chi connectivity index (χ0n) is 6.75. The van der Waals surface area contributed by atoms with E-state index in [4.69, 9.17) is 5.73 Å². The number of rotatable bonds is 1. The quantitative estimate of drug-likeness (QED) is 0.680. The van der Waals surface area contributed by atoms with Gasteiger partial charge in [-0.3, -0.25) is 4.98 Å². The van der Waals surface area contributed by atoms with Crippen molar-refractivity contribution in [3.05, 3.63) is 30.7 Å². The molecule has 0 atom stereocenters. The summed E-state index contributed by atoms with van der Waals surface area (Å²) in [5.74, 6) is 0.698. The van der Waals surface area contributed by atoms with Crippen molar-refractivity contribution in [3.8, 4) is 11.5 Å². The molecule has 2 heterocycles. The Morgan fingerprint density at radius 2 is 2.00 bits per heavy atom. The van der Waals surface area contributed by atoms with E-state index >= 15 is 0 Å². The number of anilines is 1. The molecule has 0 fully saturated rings. The van der Waals surface area contributed by atoms with Crippen molar-refractivity contribution in [2.45, 2.75) is 0 Å². The first-order valence-electron chi connectivity index (χ1n) is 3.72. The van der Waals surface area contributed by atoms with Crippen molar-refractivity contribution in [1.82, 2.24) is 19.9 Å². The molecule has 0 amide bonds. The number of hydrogen-bond donors (Lipinski definition) is 1. The summed E-state index contributed by atoms with van der Waals surface area (Å²) in [7, 11) is 0. The van der Waals surface area contributed by atoms with Crippen LogP contribution in [0.2, 0.25) is 0 Å². The van der Waals surface area contributed by atoms with Crippen LogP contribution >= 0.6 is 0 Å². The number of nitrogens with two attached hydrogens (primary N) is 1. The largest absolute Gasteiger partial charge is 0.368 e. The number of pyridine rings is 1. The molecule has 0 spiro atoms. The maximum absolute atomic E-state index is 5.41. The van der Waals surface area contributed by atoms with Gasteiger partial charge in [0.2, 0.25) is 5.95 Å². The second-order valence-corrected chi connectivity index (χ2v) is 2.38. The number of nitrogens with zero attached hydrogens (tertiary/aromatic N) is 4. The fraction of sp³-hybridized carbons (Fsp3) is 0. The average Bonchev–Trinajstić information content (AvgIpc) is 2.19. The van der Waals surface area contributed by atoms with E-state index in [1.54, 1.807) is 6.20 Å². The monoisotopic (exact) mass is 173 g/mol. The fourth-order valence-electron chi connectivity index (χ4n) is 0.927. The predicted octanol–water partition coefficient (Wildman–Crippen LogP) is 0.516. The Balaban J connectivity index is 2.48. The lowest BCUT2D eigenvalue weighted by Crippen LogP contribution is -1.98. The molecular weight excluding hydrogens is 166 g/mol. The van der Waals surface area contributed by atoms with Gasteiger partial charge in [0.05, 0.1) is 0 Å². The molecule has 0 aromatic carbocycles. The van der Waals surface area contributed by atoms with Crippen LogP contribution in [0.5, 0.6) is 0 Å². The molecule has 5 heteroatoms. The summed E-state index contributed by atoms with van der Waals surface area (Å²) in [5, 5.41) is 0. The summed E-state index contributed by atoms with van der Waals surface area (Å²) in [6.45, 7) is 0. The molecule has 64 valence electrons. The molecule has 2 aromatic heterocycles. The third kappa shape index (κ3) is 1.58. The van der Waals surface area contributed by atoms with Crippen LogP contribution in [0.25, 0.3) is 11.5 Å². The van der Waals surface area contributed by atoms with E-state index < -0.39 is 0 Å². The van der Waals surface area contributed by atoms with Gasteiger partial charge in [0, 0.05) is 6.20 Å². The summed E-state index contributed by atoms with van der Waals surface area (Å²) >= 11 is 0. The van der Waals surface area contributed by atoms with Crippen molar-refractivity contribution >= 4 is 5.95 Å². The molecule has 2 N–H and O–H groups in total. The van der Waals surface area contributed by atoms with Crippen LogP contribution in [0.1, 0.15) is 0 Å². The van der Waals surface area contributed by atoms with E-state index in [0.717, 1.165) is 0 Å². The first-order valence-corrected chi connectivity index (χ1v) is 3.72. The summed E-state index contributed by atoms with van der Waals surface area (Å²) < 4.78 is 0. The molecule has 0 unspecified atom stereocenters. The van der Waals surface area contributed by atoms with Gasteiger partial charge in [0.15, 0.2) is 5.82 Å². The topological polar surface area (TPSA) is 77.6 Å². The van der Waals surface area contributed by atoms with Gasteiger partial charge in [0.1, 0.15) is 12.0 Å². The van der Waals surface area contributed by atoms with Gasteiger partial charge in [0.25, 0.3) is 0 Å².